The van der Waals surface area contributed by atoms with E-state index in [1.165, 1.54) is 24.8 Å². The van der Waals surface area contributed by atoms with Gasteiger partial charge < -0.3 is 15.7 Å². The predicted molar refractivity (Wildman–Crippen MR) is 97.3 cm³/mol. The second-order valence-electron chi connectivity index (χ2n) is 6.69. The topological polar surface area (TPSA) is 81.7 Å². The molecular weight excluding hydrogens is 318 g/mol. The molecule has 1 fully saturated rings. The SMILES string of the molecule is CC1CCCCN1Cc1ccccc1CNC(=O)NCCCC(=O)O. The van der Waals surface area contributed by atoms with Gasteiger partial charge in [0, 0.05) is 32.1 Å². The number of piperidine rings is 1. The standard InChI is InChI=1S/C19H29N3O3/c1-15-7-4-5-12-22(15)14-17-9-3-2-8-16(17)13-21-19(25)20-11-6-10-18(23)24/h2-3,8-9,15H,4-7,10-14H2,1H3,(H,23,24)(H2,20,21,25). The number of aliphatic carboxylic acids is 1. The zero-order chi connectivity index (χ0) is 18.1. The number of urea groups is 1. The number of rotatable bonds is 8. The molecule has 0 saturated carbocycles. The van der Waals surface area contributed by atoms with Gasteiger partial charge in [-0.25, -0.2) is 4.79 Å². The molecule has 1 atom stereocenters. The first-order valence-corrected chi connectivity index (χ1v) is 9.10. The summed E-state index contributed by atoms with van der Waals surface area (Å²) in [7, 11) is 0. The van der Waals surface area contributed by atoms with Crippen molar-refractivity contribution in [3.05, 3.63) is 35.4 Å². The quantitative estimate of drug-likeness (QED) is 0.632. The Bertz CT molecular complexity index is 577. The molecule has 1 heterocycles. The summed E-state index contributed by atoms with van der Waals surface area (Å²) in [6.07, 6.45) is 4.31. The van der Waals surface area contributed by atoms with Crippen LogP contribution in [-0.4, -0.2) is 41.1 Å². The van der Waals surface area contributed by atoms with Gasteiger partial charge in [0.25, 0.3) is 0 Å². The van der Waals surface area contributed by atoms with Gasteiger partial charge >= 0.3 is 12.0 Å². The number of carbonyl (C=O) groups is 2. The molecule has 1 aromatic rings. The lowest BCUT2D eigenvalue weighted by Gasteiger charge is -2.33. The van der Waals surface area contributed by atoms with E-state index in [9.17, 15) is 9.59 Å². The van der Waals surface area contributed by atoms with Crippen LogP contribution in [0.25, 0.3) is 0 Å². The van der Waals surface area contributed by atoms with Crippen molar-refractivity contribution >= 4 is 12.0 Å². The molecule has 0 spiro atoms. The average Bonchev–Trinajstić information content (AvgIpc) is 2.60. The largest absolute Gasteiger partial charge is 0.481 e. The van der Waals surface area contributed by atoms with Crippen LogP contribution < -0.4 is 10.6 Å². The molecule has 1 aromatic carbocycles. The molecule has 0 radical (unpaired) electrons. The number of nitrogens with one attached hydrogen (secondary N) is 2. The van der Waals surface area contributed by atoms with Gasteiger partial charge in [-0.1, -0.05) is 30.7 Å². The maximum Gasteiger partial charge on any atom is 0.315 e. The number of likely N-dealkylation sites (tertiary alicyclic amines) is 1. The van der Waals surface area contributed by atoms with Crippen molar-refractivity contribution in [2.24, 2.45) is 0 Å². The van der Waals surface area contributed by atoms with E-state index in [1.54, 1.807) is 0 Å². The second-order valence-corrected chi connectivity index (χ2v) is 6.69. The third-order valence-electron chi connectivity index (χ3n) is 4.72. The van der Waals surface area contributed by atoms with E-state index < -0.39 is 5.97 Å². The van der Waals surface area contributed by atoms with Crippen molar-refractivity contribution in [2.75, 3.05) is 13.1 Å². The molecule has 2 amide bonds. The van der Waals surface area contributed by atoms with Gasteiger partial charge in [0.1, 0.15) is 0 Å². The number of amides is 2. The lowest BCUT2D eigenvalue weighted by Crippen LogP contribution is -2.38. The molecule has 1 aliphatic rings. The summed E-state index contributed by atoms with van der Waals surface area (Å²) < 4.78 is 0. The Balaban J connectivity index is 1.81. The highest BCUT2D eigenvalue weighted by Crippen LogP contribution is 2.20. The van der Waals surface area contributed by atoms with E-state index in [4.69, 9.17) is 5.11 Å². The van der Waals surface area contributed by atoms with Crippen molar-refractivity contribution in [1.82, 2.24) is 15.5 Å². The van der Waals surface area contributed by atoms with Gasteiger partial charge in [-0.3, -0.25) is 9.69 Å². The summed E-state index contributed by atoms with van der Waals surface area (Å²) in [4.78, 5) is 24.8. The van der Waals surface area contributed by atoms with Crippen molar-refractivity contribution in [1.29, 1.82) is 0 Å². The van der Waals surface area contributed by atoms with Crippen LogP contribution in [0.3, 0.4) is 0 Å². The Morgan fingerprint density at radius 3 is 2.68 bits per heavy atom. The second kappa shape index (κ2) is 10.0. The van der Waals surface area contributed by atoms with Gasteiger partial charge in [0.05, 0.1) is 0 Å². The molecule has 25 heavy (non-hydrogen) atoms. The summed E-state index contributed by atoms with van der Waals surface area (Å²) in [6, 6.07) is 8.56. The normalized spacial score (nSPS) is 17.9. The fraction of sp³-hybridized carbons (Fsp3) is 0.579. The number of hydrogen-bond donors (Lipinski definition) is 3. The molecule has 0 bridgehead atoms. The summed E-state index contributed by atoms with van der Waals surface area (Å²) in [6.45, 7) is 5.17. The van der Waals surface area contributed by atoms with Crippen LogP contribution >= 0.6 is 0 Å². The number of nitrogens with zero attached hydrogens (tertiary/aromatic N) is 1. The summed E-state index contributed by atoms with van der Waals surface area (Å²) in [5, 5.41) is 14.1. The van der Waals surface area contributed by atoms with Gasteiger partial charge in [0.15, 0.2) is 0 Å². The molecule has 2 rings (SSSR count). The van der Waals surface area contributed by atoms with Crippen molar-refractivity contribution in [3.8, 4) is 0 Å². The zero-order valence-electron chi connectivity index (χ0n) is 15.0. The molecule has 1 aliphatic heterocycles. The minimum Gasteiger partial charge on any atom is -0.481 e. The molecule has 6 nitrogen and oxygen atoms in total. The predicted octanol–water partition coefficient (Wildman–Crippen LogP) is 2.73. The first-order valence-electron chi connectivity index (χ1n) is 9.10. The first-order chi connectivity index (χ1) is 12.1. The van der Waals surface area contributed by atoms with Crippen LogP contribution in [0.4, 0.5) is 4.79 Å². The summed E-state index contributed by atoms with van der Waals surface area (Å²) in [5.74, 6) is -0.844. The molecule has 1 saturated heterocycles. The maximum atomic E-state index is 11.8. The molecule has 0 aliphatic carbocycles. The minimum atomic E-state index is -0.844. The molecule has 3 N–H and O–H groups in total. The van der Waals surface area contributed by atoms with E-state index >= 15 is 0 Å². The monoisotopic (exact) mass is 347 g/mol. The van der Waals surface area contributed by atoms with E-state index in [2.05, 4.69) is 34.6 Å². The fourth-order valence-electron chi connectivity index (χ4n) is 3.18. The first kappa shape index (κ1) is 19.2. The number of carboxylic acids is 1. The highest BCUT2D eigenvalue weighted by atomic mass is 16.4. The third-order valence-corrected chi connectivity index (χ3v) is 4.72. The number of carboxylic acid groups (broad SMARTS) is 1. The lowest BCUT2D eigenvalue weighted by atomic mass is 10.0. The number of hydrogen-bond acceptors (Lipinski definition) is 3. The Labute approximate surface area is 149 Å². The van der Waals surface area contributed by atoms with Gasteiger partial charge in [-0.2, -0.15) is 0 Å². The lowest BCUT2D eigenvalue weighted by molar-refractivity contribution is -0.137. The van der Waals surface area contributed by atoms with Crippen LogP contribution in [0.5, 0.6) is 0 Å². The highest BCUT2D eigenvalue weighted by Gasteiger charge is 2.19. The molecule has 6 heteroatoms. The van der Waals surface area contributed by atoms with E-state index in [-0.39, 0.29) is 12.5 Å². The number of benzene rings is 1. The maximum absolute atomic E-state index is 11.8. The van der Waals surface area contributed by atoms with E-state index in [0.717, 1.165) is 18.7 Å². The van der Waals surface area contributed by atoms with Crippen LogP contribution in [0, 0.1) is 0 Å². The van der Waals surface area contributed by atoms with E-state index in [1.807, 2.05) is 12.1 Å². The molecular formula is C19H29N3O3. The highest BCUT2D eigenvalue weighted by molar-refractivity contribution is 5.74. The van der Waals surface area contributed by atoms with Crippen molar-refractivity contribution in [3.63, 3.8) is 0 Å². The summed E-state index contributed by atoms with van der Waals surface area (Å²) >= 11 is 0. The van der Waals surface area contributed by atoms with Gasteiger partial charge in [0.2, 0.25) is 0 Å². The Morgan fingerprint density at radius 2 is 1.96 bits per heavy atom. The van der Waals surface area contributed by atoms with E-state index in [0.29, 0.717) is 25.6 Å². The van der Waals surface area contributed by atoms with Crippen LogP contribution in [0.2, 0.25) is 0 Å². The van der Waals surface area contributed by atoms with Gasteiger partial charge in [-0.05, 0) is 43.9 Å². The molecule has 138 valence electrons. The number of carbonyl (C=O) groups excluding carboxylic acids is 1. The van der Waals surface area contributed by atoms with Crippen molar-refractivity contribution < 1.29 is 14.7 Å². The molecule has 1 unspecified atom stereocenters. The van der Waals surface area contributed by atoms with Crippen LogP contribution in [-0.2, 0) is 17.9 Å². The van der Waals surface area contributed by atoms with Gasteiger partial charge in [-0.15, -0.1) is 0 Å². The Kier molecular flexibility index (Phi) is 7.73. The Morgan fingerprint density at radius 1 is 1.20 bits per heavy atom. The van der Waals surface area contributed by atoms with Crippen LogP contribution in [0.15, 0.2) is 24.3 Å². The van der Waals surface area contributed by atoms with Crippen molar-refractivity contribution in [2.45, 2.75) is 58.2 Å². The Hall–Kier alpha value is -2.08. The third kappa shape index (κ3) is 6.74. The smallest absolute Gasteiger partial charge is 0.315 e. The van der Waals surface area contributed by atoms with Crippen LogP contribution in [0.1, 0.15) is 50.2 Å². The average molecular weight is 347 g/mol. The minimum absolute atomic E-state index is 0.0666. The summed E-state index contributed by atoms with van der Waals surface area (Å²) in [5.41, 5.74) is 2.38. The zero-order valence-corrected chi connectivity index (χ0v) is 15.0. The fourth-order valence-corrected chi connectivity index (χ4v) is 3.18. The molecule has 0 aromatic heterocycles.